The quantitative estimate of drug-likeness (QED) is 0.0406. The zero-order valence-electron chi connectivity index (χ0n) is 76.4. The van der Waals surface area contributed by atoms with E-state index in [1.807, 2.05) is 140 Å². The maximum atomic E-state index is 16.4. The zero-order valence-corrected chi connectivity index (χ0v) is 88.2. The van der Waals surface area contributed by atoms with Crippen LogP contribution in [0.5, 0.6) is 0 Å². The van der Waals surface area contributed by atoms with E-state index in [9.17, 15) is 24.0 Å². The van der Waals surface area contributed by atoms with Crippen molar-refractivity contribution < 1.29 is 114 Å². The van der Waals surface area contributed by atoms with E-state index < -0.39 is 88.3 Å². The summed E-state index contributed by atoms with van der Waals surface area (Å²) in [5.74, 6) is 0. The molecule has 11 aromatic carbocycles. The van der Waals surface area contributed by atoms with Crippen LogP contribution in [0.15, 0.2) is 164 Å². The first-order valence-electron chi connectivity index (χ1n) is 41.0. The number of carbonyl (C=O) groups is 13. The van der Waals surface area contributed by atoms with E-state index in [4.69, 9.17) is 23.2 Å². The molecule has 0 spiro atoms. The van der Waals surface area contributed by atoms with Crippen molar-refractivity contribution >= 4 is 125 Å². The molecule has 0 fully saturated rings. The van der Waals surface area contributed by atoms with Gasteiger partial charge in [-0.1, -0.05) is 0 Å². The Morgan fingerprint density at radius 1 is 0.194 bits per heavy atom. The van der Waals surface area contributed by atoms with E-state index in [1.165, 1.54) is 48.5 Å². The van der Waals surface area contributed by atoms with Crippen molar-refractivity contribution in [3.8, 4) is 0 Å². The Labute approximate surface area is 791 Å². The second kappa shape index (κ2) is 40.7. The molecule has 11 aromatic rings. The molecule has 0 saturated heterocycles. The molecular formula is C105H107Cl2Ge3KO13. The molecule has 0 saturated carbocycles. The van der Waals surface area contributed by atoms with E-state index in [-0.39, 0.29) is 110 Å². The van der Waals surface area contributed by atoms with Crippen LogP contribution in [0.3, 0.4) is 0 Å². The Kier molecular flexibility index (Phi) is 33.0. The van der Waals surface area contributed by atoms with Crippen molar-refractivity contribution in [2.45, 2.75) is 180 Å². The minimum Gasteiger partial charge on any atom is -0.276 e. The van der Waals surface area contributed by atoms with Gasteiger partial charge in [0, 0.05) is 11.1 Å². The molecule has 0 bridgehead atoms. The van der Waals surface area contributed by atoms with Gasteiger partial charge in [0.25, 0.3) is 10.5 Å². The van der Waals surface area contributed by atoms with Crippen molar-refractivity contribution in [1.29, 1.82) is 0 Å². The number of aryl methyl sites for hydroxylation is 26. The van der Waals surface area contributed by atoms with Crippen LogP contribution in [-0.4, -0.2) is 102 Å². The fourth-order valence-corrected chi connectivity index (χ4v) is 43.9. The number of hydrogen-bond donors (Lipinski definition) is 0. The third-order valence-electron chi connectivity index (χ3n) is 23.5. The minimum absolute atomic E-state index is 0. The first kappa shape index (κ1) is 100. The molecule has 124 heavy (non-hydrogen) atoms. The predicted octanol–water partition coefficient (Wildman–Crippen LogP) is 19.2. The van der Waals surface area contributed by atoms with Crippen molar-refractivity contribution in [3.63, 3.8) is 0 Å². The number of halogens is 2. The average molecular weight is 1900 g/mol. The van der Waals surface area contributed by atoms with Gasteiger partial charge in [-0.05, 0) is 47.5 Å². The van der Waals surface area contributed by atoms with Gasteiger partial charge in [0.05, 0.1) is 0 Å². The Morgan fingerprint density at radius 3 is 0.532 bits per heavy atom. The molecule has 0 unspecified atom stereocenters. The number of rotatable bonds is 24. The molecule has 0 heterocycles. The fraction of sp³-hybridized carbons (Fsp3) is 0.248. The van der Waals surface area contributed by atoms with E-state index in [0.717, 1.165) is 83.5 Å². The molecule has 11 rings (SSSR count). The van der Waals surface area contributed by atoms with Gasteiger partial charge in [-0.15, -0.1) is 0 Å². The van der Waals surface area contributed by atoms with Gasteiger partial charge in [-0.2, -0.15) is 0 Å². The Morgan fingerprint density at radius 2 is 0.355 bits per heavy atom. The molecule has 0 aliphatic rings. The standard InChI is InChI=1S/C67H68Ge2O8.C30H35GeO3.C8H4Cl2O2.K/c1-35-18-23-54(41(7)24-35)62(72)68(63(73)55-42(8)25-36(2)26-43(55)9,64(74)56-44(10)27-37(3)28-45(56)11)60(70)52-19-21-53(22-20-52)61(71)69(65(75)57-46(12)29-38(4)30-47(57)13,66(76)58-48(14)31-39(5)32-49(58)15)67(77)59-50(16)33-40(6)34-51(59)17;1-16-10-19(4)25(20(5)11-16)28(32)31(29(33)26-21(6)12-17(2)13-22(26)7)30(34)27-23(8)14-18(3)15-24(27)9;9-7(11)5-1-2-6(4-3-5)8(10)12;/h18-34H,1-17H3;10-15H,31H2,1-9H3;1-4H;/q;-1;;+1. The Bertz CT molecular complexity index is 5760. The van der Waals surface area contributed by atoms with Crippen LogP contribution in [0.1, 0.15) is 279 Å². The van der Waals surface area contributed by atoms with Gasteiger partial charge >= 0.3 is 721 Å². The zero-order chi connectivity index (χ0) is 91.7. The van der Waals surface area contributed by atoms with Gasteiger partial charge in [0.1, 0.15) is 0 Å². The van der Waals surface area contributed by atoms with Crippen LogP contribution < -0.4 is 51.4 Å². The topological polar surface area (TPSA) is 222 Å². The summed E-state index contributed by atoms with van der Waals surface area (Å²) >= 11 is -6.65. The van der Waals surface area contributed by atoms with Crippen molar-refractivity contribution in [2.24, 2.45) is 0 Å². The summed E-state index contributed by atoms with van der Waals surface area (Å²) in [7, 11) is 0. The molecule has 0 radical (unpaired) electrons. The van der Waals surface area contributed by atoms with E-state index in [1.54, 1.807) is 155 Å². The Balaban J connectivity index is 0.000000331. The van der Waals surface area contributed by atoms with Crippen LogP contribution in [0.4, 0.5) is 0 Å². The maximum absolute atomic E-state index is 16.4. The van der Waals surface area contributed by atoms with Gasteiger partial charge in [0.15, 0.2) is 0 Å². The Hall–Kier alpha value is -9.03. The molecule has 0 N–H and O–H groups in total. The molecule has 13 nitrogen and oxygen atoms in total. The number of benzene rings is 11. The van der Waals surface area contributed by atoms with E-state index in [2.05, 4.69) is 0 Å². The summed E-state index contributed by atoms with van der Waals surface area (Å²) < 4.78 is -7.42. The van der Waals surface area contributed by atoms with Crippen molar-refractivity contribution in [1.82, 2.24) is 0 Å². The molecule has 632 valence electrons. The minimum atomic E-state index is -6.38. The van der Waals surface area contributed by atoms with Crippen molar-refractivity contribution in [2.75, 3.05) is 0 Å². The maximum Gasteiger partial charge on any atom is 1.00 e. The molecule has 0 amide bonds. The summed E-state index contributed by atoms with van der Waals surface area (Å²) in [5, 5.41) is -1.10. The molecule has 0 aliphatic carbocycles. The van der Waals surface area contributed by atoms with E-state index >= 15 is 38.4 Å². The fourth-order valence-electron chi connectivity index (χ4n) is 18.9. The van der Waals surface area contributed by atoms with Crippen molar-refractivity contribution in [3.05, 3.63) is 381 Å². The van der Waals surface area contributed by atoms with Gasteiger partial charge < -0.3 is 0 Å². The second-order valence-corrected chi connectivity index (χ2v) is 55.0. The molecular weight excluding hydrogens is 1800 g/mol. The van der Waals surface area contributed by atoms with Crippen LogP contribution >= 0.6 is 23.2 Å². The summed E-state index contributed by atoms with van der Waals surface area (Å²) in [6.45, 7) is 47.7. The monoisotopic (exact) mass is 1910 g/mol. The van der Waals surface area contributed by atoms with Crippen LogP contribution in [0.25, 0.3) is 0 Å². The number of carbonyl (C=O) groups excluding carboxylic acids is 13. The third kappa shape index (κ3) is 20.3. The summed E-state index contributed by atoms with van der Waals surface area (Å²) in [6.07, 6.45) is 0. The first-order chi connectivity index (χ1) is 57.4. The normalized spacial score (nSPS) is 11.2. The first-order valence-corrected chi connectivity index (χ1v) is 54.6. The smallest absolute Gasteiger partial charge is 0.276 e. The van der Waals surface area contributed by atoms with Gasteiger partial charge in [0.2, 0.25) is 0 Å². The molecule has 19 heteroatoms. The average Bonchev–Trinajstić information content (AvgIpc) is 0.719. The third-order valence-corrected chi connectivity index (χ3v) is 46.0. The molecule has 0 aromatic heterocycles. The van der Waals surface area contributed by atoms with Gasteiger partial charge in [-0.25, -0.2) is 0 Å². The molecule has 0 atom stereocenters. The van der Waals surface area contributed by atoms with Crippen LogP contribution in [0.2, 0.25) is 0 Å². The summed E-state index contributed by atoms with van der Waals surface area (Å²) in [5.41, 5.74) is 21.6. The van der Waals surface area contributed by atoms with Crippen LogP contribution in [0, 0.1) is 180 Å². The molecule has 0 aliphatic heterocycles. The van der Waals surface area contributed by atoms with Gasteiger partial charge in [-0.3, -0.25) is 9.59 Å². The second-order valence-electron chi connectivity index (χ2n) is 34.1. The largest absolute Gasteiger partial charge is 1.00 e. The summed E-state index contributed by atoms with van der Waals surface area (Å²) in [6, 6.07) is 45.9. The van der Waals surface area contributed by atoms with Crippen LogP contribution in [-0.2, 0) is 0 Å². The number of hydrogen-bond acceptors (Lipinski definition) is 13. The van der Waals surface area contributed by atoms with E-state index in [0.29, 0.717) is 89.0 Å². The summed E-state index contributed by atoms with van der Waals surface area (Å²) in [4.78, 5) is 193. The predicted molar refractivity (Wildman–Crippen MR) is 502 cm³/mol. The SMILES string of the molecule is Cc1cc(C)c([C](=O)[GeH2-]([C](=O)c2c(C)cc(C)cc2C)[C](=O)c2c(C)cc(C)cc2C)c(C)c1.Cc1ccc([C](=O)[Ge]([C](=O)c2ccc([C](=O)[Ge]([C](=O)c3c(C)cc(C)cc3C)([C](=O)c3c(C)cc(C)cc3C)[C](=O)c3c(C)cc(C)cc3C)cc2)([C](=O)c2c(C)cc(C)cc2C)[C](=O)c2c(C)cc(C)cc2C)c(C)c1.O=C(Cl)c1ccc(C(=O)Cl)cc1.[K+].